The third-order valence-corrected chi connectivity index (χ3v) is 4.29. The van der Waals surface area contributed by atoms with Gasteiger partial charge in [0.15, 0.2) is 0 Å². The summed E-state index contributed by atoms with van der Waals surface area (Å²) in [4.78, 5) is 4.54. The van der Waals surface area contributed by atoms with Crippen LogP contribution < -0.4 is 5.43 Å². The molecule has 5 heteroatoms. The van der Waals surface area contributed by atoms with Gasteiger partial charge in [-0.2, -0.15) is 5.10 Å². The molecular weight excluding hydrogens is 330 g/mol. The number of hydrogen-bond donors (Lipinski definition) is 1. The van der Waals surface area contributed by atoms with Crippen LogP contribution >= 0.6 is 11.3 Å². The second kappa shape index (κ2) is 9.11. The van der Waals surface area contributed by atoms with Crippen LogP contribution in [0.25, 0.3) is 11.3 Å². The molecule has 2 aromatic carbocycles. The first-order valence-corrected chi connectivity index (χ1v) is 9.20. The summed E-state index contributed by atoms with van der Waals surface area (Å²) in [7, 11) is 0. The van der Waals surface area contributed by atoms with Crippen molar-refractivity contribution in [1.29, 1.82) is 0 Å². The molecule has 0 bridgehead atoms. The maximum absolute atomic E-state index is 5.53. The molecule has 1 heterocycles. The van der Waals surface area contributed by atoms with Gasteiger partial charge in [0.25, 0.3) is 0 Å². The number of thiazole rings is 1. The standard InChI is InChI=1S/C20H21N3OS/c1-2-12-24-14-17-10-8-16(9-11-17)13-21-23-20-22-19(15-25-20)18-6-4-3-5-7-18/h3-11,13,15H,2,12,14H2,1H3,(H,22,23). The maximum Gasteiger partial charge on any atom is 0.203 e. The van der Waals surface area contributed by atoms with Crippen molar-refractivity contribution in [3.63, 3.8) is 0 Å². The smallest absolute Gasteiger partial charge is 0.203 e. The first-order chi connectivity index (χ1) is 12.3. The molecule has 1 aromatic heterocycles. The zero-order valence-electron chi connectivity index (χ0n) is 14.2. The van der Waals surface area contributed by atoms with Gasteiger partial charge in [0.05, 0.1) is 18.5 Å². The number of nitrogens with one attached hydrogen (secondary N) is 1. The van der Waals surface area contributed by atoms with Gasteiger partial charge in [-0.05, 0) is 17.5 Å². The molecule has 4 nitrogen and oxygen atoms in total. The van der Waals surface area contributed by atoms with E-state index >= 15 is 0 Å². The number of anilines is 1. The van der Waals surface area contributed by atoms with E-state index in [1.165, 1.54) is 5.56 Å². The van der Waals surface area contributed by atoms with Crippen LogP contribution in [0.5, 0.6) is 0 Å². The van der Waals surface area contributed by atoms with Crippen LogP contribution in [0, 0.1) is 0 Å². The molecule has 0 fully saturated rings. The summed E-state index contributed by atoms with van der Waals surface area (Å²) in [6.45, 7) is 3.56. The van der Waals surface area contributed by atoms with E-state index in [2.05, 4.69) is 34.6 Å². The van der Waals surface area contributed by atoms with Gasteiger partial charge in [-0.15, -0.1) is 11.3 Å². The van der Waals surface area contributed by atoms with Crippen molar-refractivity contribution >= 4 is 22.7 Å². The molecule has 128 valence electrons. The number of hydrogen-bond acceptors (Lipinski definition) is 5. The lowest BCUT2D eigenvalue weighted by Crippen LogP contribution is -1.94. The van der Waals surface area contributed by atoms with Crippen molar-refractivity contribution in [2.24, 2.45) is 5.10 Å². The Morgan fingerprint density at radius 3 is 2.68 bits per heavy atom. The quantitative estimate of drug-likeness (QED) is 0.345. The van der Waals surface area contributed by atoms with E-state index in [1.54, 1.807) is 17.6 Å². The summed E-state index contributed by atoms with van der Waals surface area (Å²) >= 11 is 1.54. The van der Waals surface area contributed by atoms with Crippen LogP contribution in [0.4, 0.5) is 5.13 Å². The molecule has 0 aliphatic carbocycles. The van der Waals surface area contributed by atoms with Crippen molar-refractivity contribution in [2.75, 3.05) is 12.0 Å². The number of nitrogens with zero attached hydrogens (tertiary/aromatic N) is 2. The zero-order valence-corrected chi connectivity index (χ0v) is 15.0. The van der Waals surface area contributed by atoms with E-state index in [0.29, 0.717) is 6.61 Å². The van der Waals surface area contributed by atoms with Crippen LogP contribution in [0.15, 0.2) is 65.1 Å². The summed E-state index contributed by atoms with van der Waals surface area (Å²) in [6.07, 6.45) is 2.83. The Hall–Kier alpha value is -2.50. The van der Waals surface area contributed by atoms with E-state index in [4.69, 9.17) is 4.74 Å². The SMILES string of the molecule is CCCOCc1ccc(C=NNc2nc(-c3ccccc3)cs2)cc1. The Labute approximate surface area is 152 Å². The normalized spacial score (nSPS) is 11.1. The predicted octanol–water partition coefficient (Wildman–Crippen LogP) is 5.18. The molecule has 0 aliphatic rings. The lowest BCUT2D eigenvalue weighted by molar-refractivity contribution is 0.121. The minimum Gasteiger partial charge on any atom is -0.377 e. The van der Waals surface area contributed by atoms with Gasteiger partial charge in [0, 0.05) is 17.6 Å². The Bertz CT molecular complexity index is 797. The number of rotatable bonds is 8. The van der Waals surface area contributed by atoms with Crippen molar-refractivity contribution in [1.82, 2.24) is 4.98 Å². The lowest BCUT2D eigenvalue weighted by atomic mass is 10.1. The van der Waals surface area contributed by atoms with Gasteiger partial charge in [0.1, 0.15) is 0 Å². The second-order valence-electron chi connectivity index (χ2n) is 5.57. The molecule has 1 N–H and O–H groups in total. The minimum atomic E-state index is 0.658. The zero-order chi connectivity index (χ0) is 17.3. The van der Waals surface area contributed by atoms with Crippen molar-refractivity contribution < 1.29 is 4.74 Å². The van der Waals surface area contributed by atoms with Gasteiger partial charge in [-0.3, -0.25) is 5.43 Å². The molecule has 0 atom stereocenters. The predicted molar refractivity (Wildman–Crippen MR) is 105 cm³/mol. The first kappa shape index (κ1) is 17.3. The highest BCUT2D eigenvalue weighted by atomic mass is 32.1. The molecule has 0 spiro atoms. The van der Waals surface area contributed by atoms with E-state index in [-0.39, 0.29) is 0 Å². The van der Waals surface area contributed by atoms with E-state index in [9.17, 15) is 0 Å². The Morgan fingerprint density at radius 2 is 1.92 bits per heavy atom. The molecule has 0 radical (unpaired) electrons. The van der Waals surface area contributed by atoms with Crippen LogP contribution in [-0.4, -0.2) is 17.8 Å². The average molecular weight is 351 g/mol. The molecule has 0 aliphatic heterocycles. The highest BCUT2D eigenvalue weighted by Crippen LogP contribution is 2.24. The molecule has 0 unspecified atom stereocenters. The molecule has 25 heavy (non-hydrogen) atoms. The van der Waals surface area contributed by atoms with Crippen LogP contribution in [0.3, 0.4) is 0 Å². The Kier molecular flexibility index (Phi) is 6.31. The van der Waals surface area contributed by atoms with Crippen molar-refractivity contribution in [3.05, 3.63) is 71.1 Å². The van der Waals surface area contributed by atoms with E-state index in [1.807, 2.05) is 47.8 Å². The summed E-state index contributed by atoms with van der Waals surface area (Å²) in [5.74, 6) is 0. The van der Waals surface area contributed by atoms with Crippen molar-refractivity contribution in [3.8, 4) is 11.3 Å². The van der Waals surface area contributed by atoms with E-state index in [0.717, 1.165) is 35.0 Å². The van der Waals surface area contributed by atoms with Gasteiger partial charge in [-0.25, -0.2) is 4.98 Å². The molecule has 0 saturated carbocycles. The molecule has 3 rings (SSSR count). The first-order valence-electron chi connectivity index (χ1n) is 8.32. The third-order valence-electron chi connectivity index (χ3n) is 3.54. The van der Waals surface area contributed by atoms with Gasteiger partial charge in [0.2, 0.25) is 5.13 Å². The third kappa shape index (κ3) is 5.24. The number of ether oxygens (including phenoxy) is 1. The monoisotopic (exact) mass is 351 g/mol. The van der Waals surface area contributed by atoms with Crippen LogP contribution in [-0.2, 0) is 11.3 Å². The fourth-order valence-corrected chi connectivity index (χ4v) is 2.93. The van der Waals surface area contributed by atoms with Crippen molar-refractivity contribution in [2.45, 2.75) is 20.0 Å². The largest absolute Gasteiger partial charge is 0.377 e. The molecule has 0 saturated heterocycles. The summed E-state index contributed by atoms with van der Waals surface area (Å²) in [5, 5.41) is 7.07. The molecule has 3 aromatic rings. The average Bonchev–Trinajstić information content (AvgIpc) is 3.13. The van der Waals surface area contributed by atoms with Crippen LogP contribution in [0.1, 0.15) is 24.5 Å². The highest BCUT2D eigenvalue weighted by Gasteiger charge is 2.02. The Balaban J connectivity index is 1.54. The highest BCUT2D eigenvalue weighted by molar-refractivity contribution is 7.14. The number of hydrazone groups is 1. The summed E-state index contributed by atoms with van der Waals surface area (Å²) < 4.78 is 5.53. The second-order valence-corrected chi connectivity index (χ2v) is 6.43. The Morgan fingerprint density at radius 1 is 1.12 bits per heavy atom. The van der Waals surface area contributed by atoms with Gasteiger partial charge >= 0.3 is 0 Å². The fraction of sp³-hybridized carbons (Fsp3) is 0.200. The van der Waals surface area contributed by atoms with Gasteiger partial charge in [-0.1, -0.05) is 61.5 Å². The molecule has 0 amide bonds. The minimum absolute atomic E-state index is 0.658. The van der Waals surface area contributed by atoms with Gasteiger partial charge < -0.3 is 4.74 Å². The fourth-order valence-electron chi connectivity index (χ4n) is 2.26. The number of aromatic nitrogens is 1. The van der Waals surface area contributed by atoms with E-state index < -0.39 is 0 Å². The van der Waals surface area contributed by atoms with Crippen LogP contribution in [0.2, 0.25) is 0 Å². The summed E-state index contributed by atoms with van der Waals surface area (Å²) in [5.41, 5.74) is 7.26. The number of benzene rings is 2. The maximum atomic E-state index is 5.53. The topological polar surface area (TPSA) is 46.5 Å². The molecular formula is C20H21N3OS. The lowest BCUT2D eigenvalue weighted by Gasteiger charge is -2.02. The summed E-state index contributed by atoms with van der Waals surface area (Å²) in [6, 6.07) is 18.3.